The molecule has 3 nitrogen and oxygen atoms in total. The van der Waals surface area contributed by atoms with Gasteiger partial charge in [0.05, 0.1) is 22.8 Å². The van der Waals surface area contributed by atoms with Crippen molar-refractivity contribution in [2.24, 2.45) is 7.05 Å². The van der Waals surface area contributed by atoms with E-state index in [0.29, 0.717) is 0 Å². The minimum absolute atomic E-state index is 0.0646. The molecule has 0 spiro atoms. The first-order valence-corrected chi connectivity index (χ1v) is 12.0. The Bertz CT molecular complexity index is 1470. The zero-order valence-corrected chi connectivity index (χ0v) is 20.8. The van der Waals surface area contributed by atoms with Crippen LogP contribution in [0.25, 0.3) is 43.2 Å². The standard InChI is InChI=1S/C28H30N3S/c1-17-11-10-12-18(2)23(17)26-29-20-16-15-19(3)24(25(20)32-26)27-30(7)21-13-8-9-14-22(21)31(27)28(4,5)6/h8-16H,1-7H3/q+1. The van der Waals surface area contributed by atoms with E-state index in [0.717, 1.165) is 10.5 Å². The van der Waals surface area contributed by atoms with Crippen LogP contribution in [-0.2, 0) is 12.6 Å². The molecule has 0 amide bonds. The average Bonchev–Trinajstić information content (AvgIpc) is 3.27. The van der Waals surface area contributed by atoms with Crippen molar-refractivity contribution >= 4 is 32.6 Å². The minimum atomic E-state index is -0.0646. The van der Waals surface area contributed by atoms with Gasteiger partial charge in [0.25, 0.3) is 5.82 Å². The van der Waals surface area contributed by atoms with Gasteiger partial charge in [-0.2, -0.15) is 0 Å². The first kappa shape index (κ1) is 20.9. The molecular weight excluding hydrogens is 410 g/mol. The van der Waals surface area contributed by atoms with Gasteiger partial charge in [-0.05, 0) is 76.4 Å². The van der Waals surface area contributed by atoms with E-state index in [-0.39, 0.29) is 5.54 Å². The van der Waals surface area contributed by atoms with Gasteiger partial charge in [-0.3, -0.25) is 0 Å². The summed E-state index contributed by atoms with van der Waals surface area (Å²) in [5.41, 5.74) is 9.88. The molecule has 5 rings (SSSR count). The molecule has 0 unspecified atom stereocenters. The van der Waals surface area contributed by atoms with Crippen LogP contribution < -0.4 is 4.57 Å². The Morgan fingerprint density at radius 1 is 0.812 bits per heavy atom. The summed E-state index contributed by atoms with van der Waals surface area (Å²) in [5.74, 6) is 1.23. The van der Waals surface area contributed by atoms with Gasteiger partial charge in [0.2, 0.25) is 0 Å². The van der Waals surface area contributed by atoms with Gasteiger partial charge in [-0.25, -0.2) is 14.1 Å². The molecule has 4 heteroatoms. The maximum Gasteiger partial charge on any atom is 0.291 e. The molecule has 5 aromatic rings. The lowest BCUT2D eigenvalue weighted by atomic mass is 10.0. The number of benzene rings is 3. The summed E-state index contributed by atoms with van der Waals surface area (Å²) in [7, 11) is 2.19. The zero-order valence-electron chi connectivity index (χ0n) is 19.9. The SMILES string of the molecule is Cc1cccc(C)c1-c1nc2ccc(C)c(-c3n(C(C)(C)C)c4ccccc4[n+]3C)c2s1. The van der Waals surface area contributed by atoms with E-state index in [1.165, 1.54) is 49.4 Å². The molecule has 0 saturated heterocycles. The highest BCUT2D eigenvalue weighted by molar-refractivity contribution is 7.22. The van der Waals surface area contributed by atoms with Crippen LogP contribution in [0.15, 0.2) is 54.6 Å². The topological polar surface area (TPSA) is 21.7 Å². The first-order valence-electron chi connectivity index (χ1n) is 11.2. The monoisotopic (exact) mass is 440 g/mol. The van der Waals surface area contributed by atoms with Crippen molar-refractivity contribution in [3.05, 3.63) is 71.3 Å². The number of fused-ring (bicyclic) bond motifs is 2. The number of para-hydroxylation sites is 2. The molecule has 0 radical (unpaired) electrons. The Labute approximate surface area is 194 Å². The molecule has 32 heavy (non-hydrogen) atoms. The van der Waals surface area contributed by atoms with E-state index in [1.807, 2.05) is 11.3 Å². The van der Waals surface area contributed by atoms with Gasteiger partial charge in [0, 0.05) is 5.56 Å². The third kappa shape index (κ3) is 3.08. The van der Waals surface area contributed by atoms with Crippen molar-refractivity contribution < 1.29 is 4.57 Å². The number of aryl methyl sites for hydroxylation is 4. The van der Waals surface area contributed by atoms with Crippen LogP contribution in [0.1, 0.15) is 37.5 Å². The lowest BCUT2D eigenvalue weighted by Crippen LogP contribution is -2.33. The van der Waals surface area contributed by atoms with E-state index in [2.05, 4.69) is 112 Å². The van der Waals surface area contributed by atoms with Gasteiger partial charge >= 0.3 is 0 Å². The fraction of sp³-hybridized carbons (Fsp3) is 0.286. The highest BCUT2D eigenvalue weighted by atomic mass is 32.1. The molecule has 3 aromatic carbocycles. The van der Waals surface area contributed by atoms with Crippen LogP contribution in [0.2, 0.25) is 0 Å². The Hall–Kier alpha value is -2.98. The Morgan fingerprint density at radius 2 is 1.47 bits per heavy atom. The van der Waals surface area contributed by atoms with Crippen LogP contribution in [0, 0.1) is 20.8 Å². The Kier molecular flexibility index (Phi) is 4.75. The van der Waals surface area contributed by atoms with Gasteiger partial charge in [0.15, 0.2) is 11.0 Å². The molecule has 2 aromatic heterocycles. The van der Waals surface area contributed by atoms with Crippen molar-refractivity contribution in [2.75, 3.05) is 0 Å². The van der Waals surface area contributed by atoms with Crippen LogP contribution >= 0.6 is 11.3 Å². The van der Waals surface area contributed by atoms with E-state index < -0.39 is 0 Å². The van der Waals surface area contributed by atoms with Crippen molar-refractivity contribution in [1.82, 2.24) is 9.55 Å². The summed E-state index contributed by atoms with van der Waals surface area (Å²) in [6.07, 6.45) is 0. The Morgan fingerprint density at radius 3 is 2.16 bits per heavy atom. The molecule has 0 aliphatic heterocycles. The third-order valence-electron chi connectivity index (χ3n) is 6.37. The maximum atomic E-state index is 5.11. The fourth-order valence-electron chi connectivity index (χ4n) is 4.90. The summed E-state index contributed by atoms with van der Waals surface area (Å²) in [4.78, 5) is 5.11. The number of imidazole rings is 1. The molecular formula is C28H30N3S+. The highest BCUT2D eigenvalue weighted by Crippen LogP contribution is 2.41. The normalized spacial score (nSPS) is 12.2. The van der Waals surface area contributed by atoms with Crippen LogP contribution in [0.5, 0.6) is 0 Å². The molecule has 2 heterocycles. The smallest absolute Gasteiger partial charge is 0.236 e. The summed E-state index contributed by atoms with van der Waals surface area (Å²) in [6, 6.07) is 19.6. The van der Waals surface area contributed by atoms with Crippen LogP contribution in [0.4, 0.5) is 0 Å². The minimum Gasteiger partial charge on any atom is -0.236 e. The number of hydrogen-bond donors (Lipinski definition) is 0. The number of thiazole rings is 1. The lowest BCUT2D eigenvalue weighted by Gasteiger charge is -2.19. The van der Waals surface area contributed by atoms with E-state index in [1.54, 1.807) is 0 Å². The molecule has 0 aliphatic carbocycles. The van der Waals surface area contributed by atoms with E-state index >= 15 is 0 Å². The lowest BCUT2D eigenvalue weighted by molar-refractivity contribution is -0.634. The highest BCUT2D eigenvalue weighted by Gasteiger charge is 2.34. The van der Waals surface area contributed by atoms with Gasteiger partial charge < -0.3 is 0 Å². The summed E-state index contributed by atoms with van der Waals surface area (Å²) in [6.45, 7) is 13.4. The van der Waals surface area contributed by atoms with Gasteiger partial charge in [-0.1, -0.05) is 36.4 Å². The quantitative estimate of drug-likeness (QED) is 0.269. The summed E-state index contributed by atoms with van der Waals surface area (Å²) < 4.78 is 6.09. The van der Waals surface area contributed by atoms with Gasteiger partial charge in [0.1, 0.15) is 10.5 Å². The van der Waals surface area contributed by atoms with Gasteiger partial charge in [-0.15, -0.1) is 11.3 Å². The number of hydrogen-bond acceptors (Lipinski definition) is 2. The molecule has 162 valence electrons. The largest absolute Gasteiger partial charge is 0.291 e. The number of rotatable bonds is 2. The van der Waals surface area contributed by atoms with Crippen LogP contribution in [0.3, 0.4) is 0 Å². The van der Waals surface area contributed by atoms with E-state index in [9.17, 15) is 0 Å². The molecule has 0 atom stereocenters. The molecule has 0 aliphatic rings. The van der Waals surface area contributed by atoms with Crippen molar-refractivity contribution in [3.8, 4) is 22.0 Å². The third-order valence-corrected chi connectivity index (χ3v) is 7.48. The molecule has 0 saturated carbocycles. The molecule has 0 N–H and O–H groups in total. The maximum absolute atomic E-state index is 5.11. The van der Waals surface area contributed by atoms with Crippen LogP contribution in [-0.4, -0.2) is 9.55 Å². The molecule has 0 bridgehead atoms. The fourth-order valence-corrected chi connectivity index (χ4v) is 6.23. The second kappa shape index (κ2) is 7.28. The number of nitrogens with zero attached hydrogens (tertiary/aromatic N) is 3. The van der Waals surface area contributed by atoms with Crippen molar-refractivity contribution in [1.29, 1.82) is 0 Å². The predicted octanol–water partition coefficient (Wildman–Crippen LogP) is 7.09. The van der Waals surface area contributed by atoms with Crippen molar-refractivity contribution in [3.63, 3.8) is 0 Å². The zero-order chi connectivity index (χ0) is 22.8. The Balaban J connectivity index is 1.89. The predicted molar refractivity (Wildman–Crippen MR) is 136 cm³/mol. The summed E-state index contributed by atoms with van der Waals surface area (Å²) in [5, 5.41) is 1.10. The first-order chi connectivity index (χ1) is 15.2. The summed E-state index contributed by atoms with van der Waals surface area (Å²) >= 11 is 1.81. The average molecular weight is 441 g/mol. The van der Waals surface area contributed by atoms with Crippen molar-refractivity contribution in [2.45, 2.75) is 47.1 Å². The number of aromatic nitrogens is 3. The second-order valence-corrected chi connectivity index (χ2v) is 10.8. The van der Waals surface area contributed by atoms with E-state index in [4.69, 9.17) is 4.98 Å². The second-order valence-electron chi connectivity index (χ2n) is 9.77. The molecule has 0 fully saturated rings.